The zero-order valence-corrected chi connectivity index (χ0v) is 11.9. The highest BCUT2D eigenvalue weighted by Crippen LogP contribution is 2.30. The van der Waals surface area contributed by atoms with Gasteiger partial charge in [0.2, 0.25) is 0 Å². The van der Waals surface area contributed by atoms with Crippen LogP contribution in [0.15, 0.2) is 30.3 Å². The van der Waals surface area contributed by atoms with Gasteiger partial charge in [-0.2, -0.15) is 5.26 Å². The van der Waals surface area contributed by atoms with Crippen molar-refractivity contribution in [1.82, 2.24) is 0 Å². The Hall–Kier alpha value is -1.70. The quantitative estimate of drug-likeness (QED) is 0.827. The first-order chi connectivity index (χ1) is 9.22. The summed E-state index contributed by atoms with van der Waals surface area (Å²) in [6.07, 6.45) is 0. The molecule has 1 heterocycles. The van der Waals surface area contributed by atoms with Crippen LogP contribution in [0, 0.1) is 11.3 Å². The molecular weight excluding hydrogens is 282 g/mol. The molecule has 0 unspecified atom stereocenters. The Morgan fingerprint density at radius 1 is 1.21 bits per heavy atom. The number of hydrogen-bond donors (Lipinski definition) is 0. The third kappa shape index (κ3) is 3.63. The smallest absolute Gasteiger partial charge is 0.162 e. The maximum Gasteiger partial charge on any atom is 0.162 e. The number of nitrogens with zero attached hydrogens (tertiary/aromatic N) is 1. The predicted molar refractivity (Wildman–Crippen MR) is 76.0 cm³/mol. The average molecular weight is 294 g/mol. The molecule has 2 aromatic rings. The number of halogens is 1. The molecule has 0 atom stereocenters. The van der Waals surface area contributed by atoms with Gasteiger partial charge in [0.1, 0.15) is 6.61 Å². The second kappa shape index (κ2) is 6.46. The first-order valence-corrected chi connectivity index (χ1v) is 6.96. The van der Waals surface area contributed by atoms with Gasteiger partial charge in [-0.1, -0.05) is 11.6 Å². The Morgan fingerprint density at radius 3 is 2.68 bits per heavy atom. The van der Waals surface area contributed by atoms with Crippen molar-refractivity contribution in [2.75, 3.05) is 6.61 Å². The molecule has 5 heteroatoms. The molecule has 0 N–H and O–H groups in total. The fourth-order valence-electron chi connectivity index (χ4n) is 1.54. The Kier molecular flexibility index (Phi) is 4.67. The second-order valence-electron chi connectivity index (χ2n) is 3.70. The van der Waals surface area contributed by atoms with E-state index in [1.807, 2.05) is 19.1 Å². The van der Waals surface area contributed by atoms with Crippen molar-refractivity contribution in [1.29, 1.82) is 5.26 Å². The minimum absolute atomic E-state index is 0.434. The molecule has 0 aliphatic heterocycles. The van der Waals surface area contributed by atoms with Crippen molar-refractivity contribution < 1.29 is 9.47 Å². The van der Waals surface area contributed by atoms with Gasteiger partial charge < -0.3 is 9.47 Å². The van der Waals surface area contributed by atoms with Crippen molar-refractivity contribution >= 4 is 22.9 Å². The largest absolute Gasteiger partial charge is 0.490 e. The number of rotatable bonds is 5. The van der Waals surface area contributed by atoms with E-state index in [0.29, 0.717) is 30.3 Å². The third-order valence-corrected chi connectivity index (χ3v) is 3.58. The molecule has 98 valence electrons. The summed E-state index contributed by atoms with van der Waals surface area (Å²) in [7, 11) is 0. The van der Waals surface area contributed by atoms with Crippen molar-refractivity contribution in [2.24, 2.45) is 0 Å². The molecule has 0 aliphatic rings. The minimum atomic E-state index is 0.434. The fourth-order valence-corrected chi connectivity index (χ4v) is 2.54. The summed E-state index contributed by atoms with van der Waals surface area (Å²) in [6, 6.07) is 11.0. The monoisotopic (exact) mass is 293 g/mol. The van der Waals surface area contributed by atoms with Gasteiger partial charge in [0.05, 0.1) is 22.6 Å². The molecule has 0 radical (unpaired) electrons. The third-order valence-electron chi connectivity index (χ3n) is 2.37. The minimum Gasteiger partial charge on any atom is -0.490 e. The predicted octanol–water partition coefficient (Wildman–Crippen LogP) is 4.25. The highest BCUT2D eigenvalue weighted by molar-refractivity contribution is 7.16. The van der Waals surface area contributed by atoms with Crippen LogP contribution in [-0.4, -0.2) is 6.61 Å². The Bertz CT molecular complexity index is 604. The zero-order chi connectivity index (χ0) is 13.7. The molecule has 1 aromatic carbocycles. The van der Waals surface area contributed by atoms with Crippen LogP contribution in [0.4, 0.5) is 0 Å². The summed E-state index contributed by atoms with van der Waals surface area (Å²) in [4.78, 5) is 1.04. The van der Waals surface area contributed by atoms with E-state index in [-0.39, 0.29) is 0 Å². The van der Waals surface area contributed by atoms with Gasteiger partial charge in [0.25, 0.3) is 0 Å². The van der Waals surface area contributed by atoms with Crippen LogP contribution in [0.25, 0.3) is 0 Å². The van der Waals surface area contributed by atoms with E-state index in [1.165, 1.54) is 11.3 Å². The summed E-state index contributed by atoms with van der Waals surface area (Å²) in [6.45, 7) is 2.85. The van der Waals surface area contributed by atoms with Crippen LogP contribution < -0.4 is 9.47 Å². The van der Waals surface area contributed by atoms with Crippen LogP contribution >= 0.6 is 22.9 Å². The lowest BCUT2D eigenvalue weighted by atomic mass is 10.2. The molecular formula is C14H12ClNO2S. The molecule has 0 aliphatic carbocycles. The second-order valence-corrected chi connectivity index (χ2v) is 5.50. The van der Waals surface area contributed by atoms with Gasteiger partial charge in [0, 0.05) is 10.9 Å². The Labute approximate surface area is 121 Å². The van der Waals surface area contributed by atoms with Gasteiger partial charge in [0.15, 0.2) is 11.5 Å². The maximum absolute atomic E-state index is 8.87. The highest BCUT2D eigenvalue weighted by atomic mass is 35.5. The van der Waals surface area contributed by atoms with Gasteiger partial charge in [-0.15, -0.1) is 11.3 Å². The van der Waals surface area contributed by atoms with E-state index in [1.54, 1.807) is 18.2 Å². The lowest BCUT2D eigenvalue weighted by molar-refractivity contribution is 0.271. The van der Waals surface area contributed by atoms with Gasteiger partial charge in [-0.25, -0.2) is 0 Å². The van der Waals surface area contributed by atoms with Crippen molar-refractivity contribution in [3.05, 3.63) is 45.1 Å². The number of nitriles is 1. The zero-order valence-electron chi connectivity index (χ0n) is 10.4. The molecule has 0 bridgehead atoms. The topological polar surface area (TPSA) is 42.2 Å². The summed E-state index contributed by atoms with van der Waals surface area (Å²) >= 11 is 7.35. The van der Waals surface area contributed by atoms with E-state index >= 15 is 0 Å². The van der Waals surface area contributed by atoms with E-state index in [9.17, 15) is 0 Å². The van der Waals surface area contributed by atoms with Gasteiger partial charge in [-0.3, -0.25) is 0 Å². The first kappa shape index (κ1) is 13.7. The average Bonchev–Trinajstić information content (AvgIpc) is 2.83. The lowest BCUT2D eigenvalue weighted by Crippen LogP contribution is -1.99. The number of thiophene rings is 1. The molecule has 0 fully saturated rings. The maximum atomic E-state index is 8.87. The van der Waals surface area contributed by atoms with Crippen LogP contribution in [-0.2, 0) is 6.61 Å². The number of hydrogen-bond acceptors (Lipinski definition) is 4. The van der Waals surface area contributed by atoms with Crippen LogP contribution in [0.2, 0.25) is 4.34 Å². The van der Waals surface area contributed by atoms with Crippen LogP contribution in [0.1, 0.15) is 17.4 Å². The van der Waals surface area contributed by atoms with E-state index in [0.717, 1.165) is 9.21 Å². The van der Waals surface area contributed by atoms with Crippen molar-refractivity contribution in [2.45, 2.75) is 13.5 Å². The van der Waals surface area contributed by atoms with Crippen LogP contribution in [0.5, 0.6) is 11.5 Å². The number of ether oxygens (including phenoxy) is 2. The summed E-state index contributed by atoms with van der Waals surface area (Å²) in [5.74, 6) is 1.22. The number of benzene rings is 1. The van der Waals surface area contributed by atoms with Crippen LogP contribution in [0.3, 0.4) is 0 Å². The molecule has 2 rings (SSSR count). The van der Waals surface area contributed by atoms with Crippen molar-refractivity contribution in [3.63, 3.8) is 0 Å². The Balaban J connectivity index is 2.12. The normalized spacial score (nSPS) is 9.95. The van der Waals surface area contributed by atoms with E-state index < -0.39 is 0 Å². The molecule has 0 spiro atoms. The molecule has 19 heavy (non-hydrogen) atoms. The molecule has 0 saturated carbocycles. The molecule has 0 saturated heterocycles. The van der Waals surface area contributed by atoms with E-state index in [4.69, 9.17) is 26.3 Å². The molecule has 0 amide bonds. The summed E-state index contributed by atoms with van der Waals surface area (Å²) < 4.78 is 11.9. The van der Waals surface area contributed by atoms with Crippen molar-refractivity contribution in [3.8, 4) is 17.6 Å². The first-order valence-electron chi connectivity index (χ1n) is 5.77. The van der Waals surface area contributed by atoms with E-state index in [2.05, 4.69) is 6.07 Å². The standard InChI is InChI=1S/C14H12ClNO2S/c1-2-17-13-7-10(8-16)3-5-12(13)18-9-11-4-6-14(15)19-11/h3-7H,2,9H2,1H3. The summed E-state index contributed by atoms with van der Waals surface area (Å²) in [5.41, 5.74) is 0.551. The van der Waals surface area contributed by atoms with Gasteiger partial charge >= 0.3 is 0 Å². The Morgan fingerprint density at radius 2 is 2.05 bits per heavy atom. The highest BCUT2D eigenvalue weighted by Gasteiger charge is 2.07. The fraction of sp³-hybridized carbons (Fsp3) is 0.214. The van der Waals surface area contributed by atoms with Gasteiger partial charge in [-0.05, 0) is 31.2 Å². The molecule has 1 aromatic heterocycles. The summed E-state index contributed by atoms with van der Waals surface area (Å²) in [5, 5.41) is 8.87. The lowest BCUT2D eigenvalue weighted by Gasteiger charge is -2.11. The molecule has 3 nitrogen and oxygen atoms in total. The SMILES string of the molecule is CCOc1cc(C#N)ccc1OCc1ccc(Cl)s1.